The molecular weight excluding hydrogens is 258 g/mol. The van der Waals surface area contributed by atoms with E-state index in [1.54, 1.807) is 7.05 Å². The minimum absolute atomic E-state index is 0.134. The van der Waals surface area contributed by atoms with Gasteiger partial charge in [-0.25, -0.2) is 4.79 Å². The molecule has 1 unspecified atom stereocenters. The van der Waals surface area contributed by atoms with Crippen LogP contribution in [-0.2, 0) is 11.8 Å². The Balaban J connectivity index is 2.52. The van der Waals surface area contributed by atoms with E-state index in [4.69, 9.17) is 0 Å². The summed E-state index contributed by atoms with van der Waals surface area (Å²) in [6.07, 6.45) is 5.50. The van der Waals surface area contributed by atoms with E-state index in [2.05, 4.69) is 15.6 Å². The van der Waals surface area contributed by atoms with Gasteiger partial charge in [0, 0.05) is 26.2 Å². The van der Waals surface area contributed by atoms with Gasteiger partial charge in [-0.15, -0.1) is 0 Å². The van der Waals surface area contributed by atoms with Gasteiger partial charge in [0.2, 0.25) is 0 Å². The van der Waals surface area contributed by atoms with E-state index in [0.717, 1.165) is 5.70 Å². The van der Waals surface area contributed by atoms with Crippen molar-refractivity contribution >= 4 is 12.0 Å². The highest BCUT2D eigenvalue weighted by Gasteiger charge is 2.18. The summed E-state index contributed by atoms with van der Waals surface area (Å²) in [6.45, 7) is 2.03. The molecule has 0 amide bonds. The summed E-state index contributed by atoms with van der Waals surface area (Å²) in [6, 6.07) is 0. The molecule has 106 valence electrons. The molecule has 0 bridgehead atoms. The third kappa shape index (κ3) is 2.33. The summed E-state index contributed by atoms with van der Waals surface area (Å²) in [5, 5.41) is 2.68. The average molecular weight is 275 g/mol. The van der Waals surface area contributed by atoms with Crippen LogP contribution < -0.4 is 5.56 Å². The molecule has 1 aliphatic rings. The van der Waals surface area contributed by atoms with Crippen LogP contribution in [0.4, 0.5) is 0 Å². The van der Waals surface area contributed by atoms with Gasteiger partial charge < -0.3 is 9.64 Å². The maximum absolute atomic E-state index is 12.0. The highest BCUT2D eigenvalue weighted by atomic mass is 16.5. The summed E-state index contributed by atoms with van der Waals surface area (Å²) in [7, 11) is 4.73. The van der Waals surface area contributed by atoms with Crippen molar-refractivity contribution in [1.29, 1.82) is 0 Å². The van der Waals surface area contributed by atoms with Gasteiger partial charge in [0.1, 0.15) is 0 Å². The van der Waals surface area contributed by atoms with Gasteiger partial charge in [-0.3, -0.25) is 14.6 Å². The van der Waals surface area contributed by atoms with Crippen LogP contribution in [-0.4, -0.2) is 34.8 Å². The number of aromatic amines is 1. The molecule has 1 aromatic heterocycles. The van der Waals surface area contributed by atoms with Crippen molar-refractivity contribution in [2.45, 2.75) is 6.92 Å². The number of allylic oxidation sites excluding steroid dienone is 1. The van der Waals surface area contributed by atoms with Crippen molar-refractivity contribution in [3.05, 3.63) is 45.3 Å². The molecule has 2 heterocycles. The van der Waals surface area contributed by atoms with Crippen LogP contribution in [0, 0.1) is 5.92 Å². The van der Waals surface area contributed by atoms with E-state index in [1.807, 2.05) is 31.1 Å². The molecule has 1 N–H and O–H groups in total. The van der Waals surface area contributed by atoms with Gasteiger partial charge in [0.05, 0.1) is 18.4 Å². The number of hydrogen-bond acceptors (Lipinski definition) is 4. The van der Waals surface area contributed by atoms with Crippen LogP contribution in [0.5, 0.6) is 0 Å². The second-order valence-electron chi connectivity index (χ2n) is 4.67. The molecule has 0 saturated carbocycles. The highest BCUT2D eigenvalue weighted by Crippen LogP contribution is 2.21. The maximum atomic E-state index is 12.0. The Morgan fingerprint density at radius 2 is 2.20 bits per heavy atom. The number of rotatable bonds is 2. The van der Waals surface area contributed by atoms with E-state index < -0.39 is 5.97 Å². The molecule has 0 radical (unpaired) electrons. The van der Waals surface area contributed by atoms with Crippen LogP contribution in [0.2, 0.25) is 0 Å². The number of aryl methyl sites for hydroxylation is 1. The van der Waals surface area contributed by atoms with Crippen LogP contribution in [0.3, 0.4) is 0 Å². The molecule has 0 aliphatic carbocycles. The first-order valence-electron chi connectivity index (χ1n) is 6.20. The Bertz CT molecular complexity index is 673. The van der Waals surface area contributed by atoms with Crippen molar-refractivity contribution < 1.29 is 9.53 Å². The van der Waals surface area contributed by atoms with Gasteiger partial charge in [0.15, 0.2) is 5.69 Å². The largest absolute Gasteiger partial charge is 0.464 e. The molecule has 2 rings (SSSR count). The fourth-order valence-corrected chi connectivity index (χ4v) is 2.09. The van der Waals surface area contributed by atoms with E-state index in [1.165, 1.54) is 17.9 Å². The minimum atomic E-state index is -0.577. The molecule has 0 fully saturated rings. The fraction of sp³-hybridized carbons (Fsp3) is 0.357. The molecule has 0 aromatic carbocycles. The Kier molecular flexibility index (Phi) is 3.68. The Morgan fingerprint density at radius 3 is 2.75 bits per heavy atom. The van der Waals surface area contributed by atoms with Crippen molar-refractivity contribution in [3.8, 4) is 0 Å². The first-order valence-corrected chi connectivity index (χ1v) is 6.20. The van der Waals surface area contributed by atoms with Gasteiger partial charge in [0.25, 0.3) is 5.56 Å². The monoisotopic (exact) mass is 275 g/mol. The van der Waals surface area contributed by atoms with E-state index in [9.17, 15) is 9.59 Å². The van der Waals surface area contributed by atoms with E-state index in [0.29, 0.717) is 0 Å². The zero-order valence-corrected chi connectivity index (χ0v) is 11.9. The summed E-state index contributed by atoms with van der Waals surface area (Å²) in [5.41, 5.74) is 4.11. The molecule has 1 aliphatic heterocycles. The number of methoxy groups -OCH3 is 1. The lowest BCUT2D eigenvalue weighted by Gasteiger charge is -2.11. The zero-order chi connectivity index (χ0) is 14.9. The lowest BCUT2D eigenvalue weighted by molar-refractivity contribution is 0.0593. The minimum Gasteiger partial charge on any atom is -0.464 e. The predicted molar refractivity (Wildman–Crippen MR) is 74.9 cm³/mol. The SMILES string of the molecule is COC(=O)c1[nH]n(C)c(=O)c1C=C=C1C(C)C=CN1C. The average Bonchev–Trinajstić information content (AvgIpc) is 2.89. The molecule has 6 nitrogen and oxygen atoms in total. The van der Waals surface area contributed by atoms with Crippen molar-refractivity contribution in [2.75, 3.05) is 14.2 Å². The quantitative estimate of drug-likeness (QED) is 0.648. The number of esters is 1. The van der Waals surface area contributed by atoms with Gasteiger partial charge in [-0.05, 0) is 6.08 Å². The summed E-state index contributed by atoms with van der Waals surface area (Å²) in [4.78, 5) is 25.6. The van der Waals surface area contributed by atoms with Crippen molar-refractivity contribution in [1.82, 2.24) is 14.7 Å². The number of H-pyrrole nitrogens is 1. The third-order valence-electron chi connectivity index (χ3n) is 3.25. The summed E-state index contributed by atoms with van der Waals surface area (Å²) in [5.74, 6) is -0.354. The summed E-state index contributed by atoms with van der Waals surface area (Å²) >= 11 is 0. The number of carbonyl (C=O) groups is 1. The number of hydrogen-bond donors (Lipinski definition) is 1. The normalized spacial score (nSPS) is 17.3. The van der Waals surface area contributed by atoms with Gasteiger partial charge in [-0.1, -0.05) is 18.7 Å². The number of nitrogens with zero attached hydrogens (tertiary/aromatic N) is 2. The smallest absolute Gasteiger partial charge is 0.356 e. The van der Waals surface area contributed by atoms with Crippen molar-refractivity contribution in [2.24, 2.45) is 13.0 Å². The second kappa shape index (κ2) is 5.27. The van der Waals surface area contributed by atoms with Gasteiger partial charge >= 0.3 is 5.97 Å². The van der Waals surface area contributed by atoms with Gasteiger partial charge in [-0.2, -0.15) is 0 Å². The molecule has 20 heavy (non-hydrogen) atoms. The first kappa shape index (κ1) is 14.0. The van der Waals surface area contributed by atoms with E-state index in [-0.39, 0.29) is 22.7 Å². The fourth-order valence-electron chi connectivity index (χ4n) is 2.09. The predicted octanol–water partition coefficient (Wildman–Crippen LogP) is 1.09. The third-order valence-corrected chi connectivity index (χ3v) is 3.25. The molecule has 0 spiro atoms. The van der Waals surface area contributed by atoms with Crippen molar-refractivity contribution in [3.63, 3.8) is 0 Å². The standard InChI is InChI=1S/C14H17N3O3/c1-9-7-8-16(2)11(9)6-5-10-12(14(19)20-4)15-17(3)13(10)18/h5,7-9,15H,1-4H3. The molecule has 6 heteroatoms. The second-order valence-corrected chi connectivity index (χ2v) is 4.67. The molecule has 1 atom stereocenters. The Morgan fingerprint density at radius 1 is 1.50 bits per heavy atom. The number of carbonyl (C=O) groups excluding carboxylic acids is 1. The molecule has 0 saturated heterocycles. The van der Waals surface area contributed by atoms with Crippen LogP contribution in [0.1, 0.15) is 23.0 Å². The van der Waals surface area contributed by atoms with Crippen LogP contribution in [0.15, 0.2) is 28.5 Å². The molecule has 1 aromatic rings. The zero-order valence-electron chi connectivity index (χ0n) is 11.9. The Hall–Kier alpha value is -2.46. The van der Waals surface area contributed by atoms with Crippen LogP contribution >= 0.6 is 0 Å². The summed E-state index contributed by atoms with van der Waals surface area (Å²) < 4.78 is 5.90. The maximum Gasteiger partial charge on any atom is 0.356 e. The number of nitrogens with one attached hydrogen (secondary N) is 1. The number of ether oxygens (including phenoxy) is 1. The topological polar surface area (TPSA) is 67.3 Å². The Labute approximate surface area is 116 Å². The number of aromatic nitrogens is 2. The van der Waals surface area contributed by atoms with Crippen LogP contribution in [0.25, 0.3) is 6.08 Å². The van der Waals surface area contributed by atoms with E-state index >= 15 is 0 Å². The lowest BCUT2D eigenvalue weighted by atomic mass is 10.1. The first-order chi connectivity index (χ1) is 9.45. The lowest BCUT2D eigenvalue weighted by Crippen LogP contribution is -2.13. The highest BCUT2D eigenvalue weighted by molar-refractivity contribution is 5.91. The molecular formula is C14H17N3O3.